The van der Waals surface area contributed by atoms with Crippen LogP contribution >= 0.6 is 11.6 Å². The van der Waals surface area contributed by atoms with Gasteiger partial charge in [0.1, 0.15) is 17.3 Å². The van der Waals surface area contributed by atoms with Crippen molar-refractivity contribution in [2.45, 2.75) is 26.2 Å². The Morgan fingerprint density at radius 2 is 1.74 bits per heavy atom. The zero-order valence-electron chi connectivity index (χ0n) is 20.2. The number of anilines is 1. The second-order valence-corrected chi connectivity index (χ2v) is 9.27. The van der Waals surface area contributed by atoms with Crippen LogP contribution in [0.4, 0.5) is 5.82 Å². The van der Waals surface area contributed by atoms with Crippen LogP contribution in [0.2, 0.25) is 5.02 Å². The molecule has 180 valence electrons. The Hall–Kier alpha value is -3.52. The fraction of sp³-hybridized carbons (Fsp3) is 0.320. The van der Waals surface area contributed by atoms with E-state index in [2.05, 4.69) is 10.4 Å². The highest BCUT2D eigenvalue weighted by atomic mass is 35.5. The van der Waals surface area contributed by atoms with Gasteiger partial charge < -0.3 is 19.7 Å². The van der Waals surface area contributed by atoms with E-state index < -0.39 is 0 Å². The monoisotopic (exact) mass is 484 g/mol. The lowest BCUT2D eigenvalue weighted by Crippen LogP contribution is -2.35. The van der Waals surface area contributed by atoms with Gasteiger partial charge in [0.05, 0.1) is 37.7 Å². The summed E-state index contributed by atoms with van der Waals surface area (Å²) < 4.78 is 12.2. The third-order valence-corrected chi connectivity index (χ3v) is 5.44. The van der Waals surface area contributed by atoms with Crippen molar-refractivity contribution in [2.75, 3.05) is 33.1 Å². The highest BCUT2D eigenvalue weighted by Gasteiger charge is 2.23. The molecule has 0 bridgehead atoms. The minimum atomic E-state index is -0.362. The topological polar surface area (TPSA) is 85.7 Å². The summed E-state index contributed by atoms with van der Waals surface area (Å²) in [6.07, 6.45) is 0. The molecular weight excluding hydrogens is 456 g/mol. The van der Waals surface area contributed by atoms with Crippen LogP contribution < -0.4 is 14.8 Å². The lowest BCUT2D eigenvalue weighted by Gasteiger charge is -2.19. The minimum absolute atomic E-state index is 0.162. The summed E-state index contributed by atoms with van der Waals surface area (Å²) in [5.41, 5.74) is 1.67. The Balaban J connectivity index is 1.81. The van der Waals surface area contributed by atoms with Crippen LogP contribution in [-0.2, 0) is 10.2 Å². The number of hydrogen-bond donors (Lipinski definition) is 1. The molecule has 9 heteroatoms. The Labute approximate surface area is 204 Å². The first-order chi connectivity index (χ1) is 16.0. The lowest BCUT2D eigenvalue weighted by molar-refractivity contribution is -0.116. The molecule has 34 heavy (non-hydrogen) atoms. The number of carbonyl (C=O) groups is 2. The third kappa shape index (κ3) is 5.69. The molecule has 2 aromatic carbocycles. The van der Waals surface area contributed by atoms with E-state index >= 15 is 0 Å². The maximum atomic E-state index is 13.0. The Kier molecular flexibility index (Phi) is 7.51. The predicted molar refractivity (Wildman–Crippen MR) is 132 cm³/mol. The number of halogens is 1. The number of ether oxygens (including phenoxy) is 2. The molecule has 0 fully saturated rings. The first-order valence-electron chi connectivity index (χ1n) is 10.7. The maximum Gasteiger partial charge on any atom is 0.257 e. The Morgan fingerprint density at radius 3 is 2.32 bits per heavy atom. The highest BCUT2D eigenvalue weighted by Crippen LogP contribution is 2.28. The molecule has 0 radical (unpaired) electrons. The smallest absolute Gasteiger partial charge is 0.257 e. The Bertz CT molecular complexity index is 1180. The van der Waals surface area contributed by atoms with E-state index in [0.29, 0.717) is 27.9 Å². The molecule has 0 aliphatic rings. The average molecular weight is 485 g/mol. The van der Waals surface area contributed by atoms with Gasteiger partial charge in [-0.3, -0.25) is 9.59 Å². The molecule has 3 aromatic rings. The first kappa shape index (κ1) is 25.1. The van der Waals surface area contributed by atoms with Crippen LogP contribution in [0.25, 0.3) is 5.69 Å². The van der Waals surface area contributed by atoms with E-state index in [9.17, 15) is 9.59 Å². The zero-order valence-corrected chi connectivity index (χ0v) is 20.9. The summed E-state index contributed by atoms with van der Waals surface area (Å²) in [5.74, 6) is 0.724. The quantitative estimate of drug-likeness (QED) is 0.531. The molecule has 0 saturated heterocycles. The van der Waals surface area contributed by atoms with Crippen molar-refractivity contribution in [3.8, 4) is 17.2 Å². The number of nitrogens with zero attached hydrogens (tertiary/aromatic N) is 3. The number of nitrogens with one attached hydrogen (secondary N) is 1. The van der Waals surface area contributed by atoms with Crippen molar-refractivity contribution in [1.82, 2.24) is 14.7 Å². The van der Waals surface area contributed by atoms with Crippen molar-refractivity contribution >= 4 is 29.2 Å². The van der Waals surface area contributed by atoms with E-state index in [4.69, 9.17) is 21.1 Å². The third-order valence-electron chi connectivity index (χ3n) is 5.18. The van der Waals surface area contributed by atoms with Crippen molar-refractivity contribution in [3.63, 3.8) is 0 Å². The van der Waals surface area contributed by atoms with Crippen LogP contribution in [-0.4, -0.2) is 54.3 Å². The highest BCUT2D eigenvalue weighted by molar-refractivity contribution is 6.30. The second-order valence-electron chi connectivity index (χ2n) is 8.83. The predicted octanol–water partition coefficient (Wildman–Crippen LogP) is 4.55. The van der Waals surface area contributed by atoms with Crippen LogP contribution in [0.3, 0.4) is 0 Å². The van der Waals surface area contributed by atoms with Crippen molar-refractivity contribution < 1.29 is 19.1 Å². The van der Waals surface area contributed by atoms with E-state index in [1.807, 2.05) is 39.0 Å². The minimum Gasteiger partial charge on any atom is -0.497 e. The van der Waals surface area contributed by atoms with E-state index in [-0.39, 0.29) is 23.8 Å². The van der Waals surface area contributed by atoms with Gasteiger partial charge in [-0.05, 0) is 36.4 Å². The maximum absolute atomic E-state index is 13.0. The number of benzene rings is 2. The summed E-state index contributed by atoms with van der Waals surface area (Å²) in [6, 6.07) is 13.9. The van der Waals surface area contributed by atoms with Gasteiger partial charge in [-0.2, -0.15) is 5.10 Å². The molecule has 0 spiro atoms. The molecule has 0 unspecified atom stereocenters. The molecule has 0 saturated carbocycles. The summed E-state index contributed by atoms with van der Waals surface area (Å²) >= 11 is 6.02. The van der Waals surface area contributed by atoms with Gasteiger partial charge in [0.25, 0.3) is 5.91 Å². The van der Waals surface area contributed by atoms with Gasteiger partial charge in [0, 0.05) is 29.6 Å². The molecule has 2 amide bonds. The first-order valence-corrected chi connectivity index (χ1v) is 11.0. The van der Waals surface area contributed by atoms with Crippen molar-refractivity contribution in [1.29, 1.82) is 0 Å². The number of amides is 2. The van der Waals surface area contributed by atoms with E-state index in [1.54, 1.807) is 42.1 Å². The number of carbonyl (C=O) groups excluding carboxylic acids is 2. The van der Waals surface area contributed by atoms with Crippen molar-refractivity contribution in [3.05, 3.63) is 64.8 Å². The molecule has 0 aliphatic carbocycles. The van der Waals surface area contributed by atoms with E-state index in [1.165, 1.54) is 19.1 Å². The van der Waals surface area contributed by atoms with Gasteiger partial charge in [-0.25, -0.2) is 4.68 Å². The van der Waals surface area contributed by atoms with Gasteiger partial charge in [0.15, 0.2) is 0 Å². The molecule has 1 aromatic heterocycles. The zero-order chi connectivity index (χ0) is 25.0. The fourth-order valence-electron chi connectivity index (χ4n) is 3.27. The molecular formula is C25H29ClN4O4. The molecule has 0 atom stereocenters. The lowest BCUT2D eigenvalue weighted by atomic mass is 9.92. The molecule has 1 heterocycles. The summed E-state index contributed by atoms with van der Waals surface area (Å²) in [4.78, 5) is 27.2. The second kappa shape index (κ2) is 10.2. The Morgan fingerprint density at radius 1 is 1.06 bits per heavy atom. The van der Waals surface area contributed by atoms with E-state index in [0.717, 1.165) is 11.4 Å². The largest absolute Gasteiger partial charge is 0.497 e. The van der Waals surface area contributed by atoms with Gasteiger partial charge in [-0.15, -0.1) is 0 Å². The van der Waals surface area contributed by atoms with Crippen LogP contribution in [0.1, 0.15) is 36.8 Å². The fourth-order valence-corrected chi connectivity index (χ4v) is 3.39. The molecule has 1 N–H and O–H groups in total. The summed E-state index contributed by atoms with van der Waals surface area (Å²) in [5, 5.41) is 8.17. The van der Waals surface area contributed by atoms with Crippen molar-refractivity contribution in [2.24, 2.45) is 0 Å². The van der Waals surface area contributed by atoms with Crippen LogP contribution in [0.5, 0.6) is 11.5 Å². The number of rotatable bonds is 7. The number of likely N-dealkylation sites (N-methyl/N-ethyl adjacent to an activating group) is 1. The standard InChI is InChI=1S/C25H29ClN4O4/c1-25(2,3)21-14-22(30(28-21)17-9-7-16(26)8-10-17)27-23(31)15-29(4)24(32)19-12-11-18(33-5)13-20(19)34-6/h7-14H,15H2,1-6H3,(H,27,31). The molecule has 8 nitrogen and oxygen atoms in total. The number of aromatic nitrogens is 2. The van der Waals surface area contributed by atoms with Gasteiger partial charge >= 0.3 is 0 Å². The van der Waals surface area contributed by atoms with Gasteiger partial charge in [-0.1, -0.05) is 32.4 Å². The summed E-state index contributed by atoms with van der Waals surface area (Å²) in [7, 11) is 4.57. The molecule has 0 aliphatic heterocycles. The van der Waals surface area contributed by atoms with Gasteiger partial charge in [0.2, 0.25) is 5.91 Å². The van der Waals surface area contributed by atoms with Crippen LogP contribution in [0.15, 0.2) is 48.5 Å². The molecule has 3 rings (SSSR count). The number of methoxy groups -OCH3 is 2. The number of hydrogen-bond acceptors (Lipinski definition) is 5. The van der Waals surface area contributed by atoms with Crippen LogP contribution in [0, 0.1) is 0 Å². The average Bonchev–Trinajstić information content (AvgIpc) is 3.22. The SMILES string of the molecule is COc1ccc(C(=O)N(C)CC(=O)Nc2cc(C(C)(C)C)nn2-c2ccc(Cl)cc2)c(OC)c1. The normalized spacial score (nSPS) is 11.1. The summed E-state index contributed by atoms with van der Waals surface area (Å²) in [6.45, 7) is 5.97.